The van der Waals surface area contributed by atoms with Crippen LogP contribution in [0.1, 0.15) is 13.3 Å². The van der Waals surface area contributed by atoms with E-state index in [1.54, 1.807) is 0 Å². The summed E-state index contributed by atoms with van der Waals surface area (Å²) in [5, 5.41) is 6.93. The van der Waals surface area contributed by atoms with Crippen molar-refractivity contribution < 1.29 is 0 Å². The van der Waals surface area contributed by atoms with Crippen molar-refractivity contribution in [2.45, 2.75) is 13.3 Å². The summed E-state index contributed by atoms with van der Waals surface area (Å²) >= 11 is 0. The van der Waals surface area contributed by atoms with Crippen molar-refractivity contribution in [3.05, 3.63) is 11.8 Å². The highest BCUT2D eigenvalue weighted by molar-refractivity contribution is 5.75. The SMILES string of the molecule is CC/C(C=N)=C/N(C)C. The Hall–Kier alpha value is -0.790. The summed E-state index contributed by atoms with van der Waals surface area (Å²) in [7, 11) is 3.92. The number of nitrogens with zero attached hydrogens (tertiary/aromatic N) is 1. The van der Waals surface area contributed by atoms with Crippen LogP contribution in [0.4, 0.5) is 0 Å². The Morgan fingerprint density at radius 2 is 2.11 bits per heavy atom. The molecule has 0 aliphatic rings. The van der Waals surface area contributed by atoms with E-state index < -0.39 is 0 Å². The van der Waals surface area contributed by atoms with Gasteiger partial charge < -0.3 is 10.3 Å². The van der Waals surface area contributed by atoms with E-state index in [1.165, 1.54) is 6.21 Å². The summed E-state index contributed by atoms with van der Waals surface area (Å²) < 4.78 is 0. The standard InChI is InChI=1S/C7H14N2/c1-4-7(5-8)6-9(2)3/h5-6,8H,4H2,1-3H3/b7-6-,8-5?. The van der Waals surface area contributed by atoms with E-state index in [9.17, 15) is 0 Å². The van der Waals surface area contributed by atoms with Gasteiger partial charge in [0.25, 0.3) is 0 Å². The molecule has 2 nitrogen and oxygen atoms in total. The third-order valence-corrected chi connectivity index (χ3v) is 1.02. The zero-order chi connectivity index (χ0) is 7.28. The van der Waals surface area contributed by atoms with Gasteiger partial charge in [-0.1, -0.05) is 6.92 Å². The molecular formula is C7H14N2. The summed E-state index contributed by atoms with van der Waals surface area (Å²) in [5.74, 6) is 0. The number of rotatable bonds is 3. The van der Waals surface area contributed by atoms with Crippen LogP contribution in [0.2, 0.25) is 0 Å². The lowest BCUT2D eigenvalue weighted by Crippen LogP contribution is -2.02. The Morgan fingerprint density at radius 1 is 1.56 bits per heavy atom. The van der Waals surface area contributed by atoms with E-state index in [0.717, 1.165) is 12.0 Å². The second-order valence-electron chi connectivity index (χ2n) is 2.17. The predicted molar refractivity (Wildman–Crippen MR) is 40.8 cm³/mol. The lowest BCUT2D eigenvalue weighted by Gasteiger charge is -2.05. The first-order valence-corrected chi connectivity index (χ1v) is 3.08. The molecule has 0 saturated heterocycles. The summed E-state index contributed by atoms with van der Waals surface area (Å²) in [5.41, 5.74) is 1.06. The lowest BCUT2D eigenvalue weighted by atomic mass is 10.2. The predicted octanol–water partition coefficient (Wildman–Crippen LogP) is 1.49. The average molecular weight is 126 g/mol. The molecule has 0 fully saturated rings. The zero-order valence-electron chi connectivity index (χ0n) is 6.31. The van der Waals surface area contributed by atoms with Crippen LogP contribution in [-0.2, 0) is 0 Å². The smallest absolute Gasteiger partial charge is 0.0224 e. The van der Waals surface area contributed by atoms with E-state index in [-0.39, 0.29) is 0 Å². The minimum absolute atomic E-state index is 0.932. The molecule has 0 rings (SSSR count). The molecule has 0 aliphatic carbocycles. The van der Waals surface area contributed by atoms with Crippen molar-refractivity contribution in [1.29, 1.82) is 5.41 Å². The second kappa shape index (κ2) is 4.13. The molecule has 9 heavy (non-hydrogen) atoms. The molecule has 0 saturated carbocycles. The van der Waals surface area contributed by atoms with Crippen LogP contribution in [0.25, 0.3) is 0 Å². The third kappa shape index (κ3) is 3.76. The molecule has 0 amide bonds. The van der Waals surface area contributed by atoms with Crippen molar-refractivity contribution in [3.63, 3.8) is 0 Å². The molecule has 0 atom stereocenters. The number of hydrogen-bond acceptors (Lipinski definition) is 2. The molecule has 0 heterocycles. The van der Waals surface area contributed by atoms with E-state index in [4.69, 9.17) is 5.41 Å². The van der Waals surface area contributed by atoms with Crippen LogP contribution in [0, 0.1) is 5.41 Å². The molecule has 0 aliphatic heterocycles. The Kier molecular flexibility index (Phi) is 3.76. The maximum absolute atomic E-state index is 6.93. The summed E-state index contributed by atoms with van der Waals surface area (Å²) in [6.07, 6.45) is 4.27. The molecule has 0 aromatic rings. The van der Waals surface area contributed by atoms with Gasteiger partial charge in [-0.05, 0) is 12.0 Å². The second-order valence-corrected chi connectivity index (χ2v) is 2.17. The number of hydrogen-bond donors (Lipinski definition) is 1. The van der Waals surface area contributed by atoms with E-state index >= 15 is 0 Å². The topological polar surface area (TPSA) is 27.1 Å². The summed E-state index contributed by atoms with van der Waals surface area (Å²) in [6, 6.07) is 0. The molecule has 0 bridgehead atoms. The molecule has 0 radical (unpaired) electrons. The summed E-state index contributed by atoms with van der Waals surface area (Å²) in [6.45, 7) is 2.04. The highest BCUT2D eigenvalue weighted by Crippen LogP contribution is 1.95. The van der Waals surface area contributed by atoms with Gasteiger partial charge in [0.2, 0.25) is 0 Å². The molecule has 2 heteroatoms. The summed E-state index contributed by atoms with van der Waals surface area (Å²) in [4.78, 5) is 1.95. The van der Waals surface area contributed by atoms with Gasteiger partial charge in [0.1, 0.15) is 0 Å². The van der Waals surface area contributed by atoms with Crippen molar-refractivity contribution in [1.82, 2.24) is 4.90 Å². The van der Waals surface area contributed by atoms with Crippen LogP contribution in [-0.4, -0.2) is 25.2 Å². The van der Waals surface area contributed by atoms with E-state index in [0.29, 0.717) is 0 Å². The Morgan fingerprint density at radius 3 is 2.22 bits per heavy atom. The van der Waals surface area contributed by atoms with Crippen molar-refractivity contribution in [2.75, 3.05) is 14.1 Å². The van der Waals surface area contributed by atoms with Crippen LogP contribution in [0.3, 0.4) is 0 Å². The zero-order valence-corrected chi connectivity index (χ0v) is 6.31. The van der Waals surface area contributed by atoms with Crippen LogP contribution >= 0.6 is 0 Å². The fourth-order valence-electron chi connectivity index (χ4n) is 0.562. The highest BCUT2D eigenvalue weighted by atomic mass is 15.0. The Bertz CT molecular complexity index is 114. The highest BCUT2D eigenvalue weighted by Gasteiger charge is 1.86. The van der Waals surface area contributed by atoms with Gasteiger partial charge in [0.15, 0.2) is 0 Å². The molecule has 1 N–H and O–H groups in total. The van der Waals surface area contributed by atoms with E-state index in [2.05, 4.69) is 0 Å². The van der Waals surface area contributed by atoms with Crippen molar-refractivity contribution >= 4 is 6.21 Å². The van der Waals surface area contributed by atoms with Crippen molar-refractivity contribution in [3.8, 4) is 0 Å². The third-order valence-electron chi connectivity index (χ3n) is 1.02. The van der Waals surface area contributed by atoms with Crippen molar-refractivity contribution in [2.24, 2.45) is 0 Å². The van der Waals surface area contributed by atoms with E-state index in [1.807, 2.05) is 32.1 Å². The molecule has 0 aromatic heterocycles. The first-order chi connectivity index (χ1) is 4.20. The number of nitrogens with one attached hydrogen (secondary N) is 1. The number of allylic oxidation sites excluding steroid dienone is 1. The van der Waals surface area contributed by atoms with Gasteiger partial charge in [0, 0.05) is 26.5 Å². The lowest BCUT2D eigenvalue weighted by molar-refractivity contribution is 0.559. The Balaban J connectivity index is 3.90. The Labute approximate surface area is 56.7 Å². The minimum atomic E-state index is 0.932. The van der Waals surface area contributed by atoms with Crippen LogP contribution < -0.4 is 0 Å². The fraction of sp³-hybridized carbons (Fsp3) is 0.571. The van der Waals surface area contributed by atoms with Gasteiger partial charge in [-0.3, -0.25) is 0 Å². The molecule has 0 unspecified atom stereocenters. The molecule has 52 valence electrons. The van der Waals surface area contributed by atoms with Crippen LogP contribution in [0.5, 0.6) is 0 Å². The average Bonchev–Trinajstić information content (AvgIpc) is 1.82. The van der Waals surface area contributed by atoms with Gasteiger partial charge >= 0.3 is 0 Å². The fourth-order valence-corrected chi connectivity index (χ4v) is 0.562. The van der Waals surface area contributed by atoms with Gasteiger partial charge in [-0.25, -0.2) is 0 Å². The van der Waals surface area contributed by atoms with Gasteiger partial charge in [0.05, 0.1) is 0 Å². The maximum Gasteiger partial charge on any atom is 0.0224 e. The molecular weight excluding hydrogens is 112 g/mol. The van der Waals surface area contributed by atoms with Gasteiger partial charge in [-0.2, -0.15) is 0 Å². The minimum Gasteiger partial charge on any atom is -0.383 e. The molecule has 0 aromatic carbocycles. The quantitative estimate of drug-likeness (QED) is 0.570. The largest absolute Gasteiger partial charge is 0.383 e. The molecule has 0 spiro atoms. The monoisotopic (exact) mass is 126 g/mol. The first-order valence-electron chi connectivity index (χ1n) is 3.08. The normalized spacial score (nSPS) is 11.2. The first kappa shape index (κ1) is 8.21. The maximum atomic E-state index is 6.93. The van der Waals surface area contributed by atoms with Crippen LogP contribution in [0.15, 0.2) is 11.8 Å². The van der Waals surface area contributed by atoms with Gasteiger partial charge in [-0.15, -0.1) is 0 Å².